The van der Waals surface area contributed by atoms with Crippen LogP contribution in [-0.4, -0.2) is 24.1 Å². The summed E-state index contributed by atoms with van der Waals surface area (Å²) in [6.45, 7) is 4.16. The normalized spacial score (nSPS) is 10.3. The highest BCUT2D eigenvalue weighted by molar-refractivity contribution is 5.88. The number of aromatic nitrogens is 1. The minimum absolute atomic E-state index is 0.353. The van der Waals surface area contributed by atoms with Gasteiger partial charge in [0.15, 0.2) is 0 Å². The monoisotopic (exact) mass is 195 g/mol. The Morgan fingerprint density at radius 1 is 1.50 bits per heavy atom. The van der Waals surface area contributed by atoms with Crippen molar-refractivity contribution in [3.63, 3.8) is 0 Å². The van der Waals surface area contributed by atoms with E-state index in [2.05, 4.69) is 23.6 Å². The van der Waals surface area contributed by atoms with E-state index in [0.717, 1.165) is 5.82 Å². The van der Waals surface area contributed by atoms with Gasteiger partial charge in [0.2, 0.25) is 5.82 Å². The molecule has 0 saturated heterocycles. The number of carbonyl (C=O) groups is 1. The molecule has 0 aliphatic rings. The molecule has 0 amide bonds. The molecule has 0 atom stereocenters. The smallest absolute Gasteiger partial charge is 0.339 e. The van der Waals surface area contributed by atoms with E-state index in [4.69, 9.17) is 0 Å². The molecule has 0 unspecified atom stereocenters. The molecule has 2 N–H and O–H groups in total. The lowest BCUT2D eigenvalue weighted by Crippen LogP contribution is -2.83. The van der Waals surface area contributed by atoms with Crippen LogP contribution in [0, 0.1) is 0 Å². The highest BCUT2D eigenvalue weighted by atomic mass is 16.5. The highest BCUT2D eigenvalue weighted by Crippen LogP contribution is 2.01. The predicted octanol–water partition coefficient (Wildman–Crippen LogP) is 0.471. The summed E-state index contributed by atoms with van der Waals surface area (Å²) in [5.41, 5.74) is 0.480. The molecular weight excluding hydrogens is 180 g/mol. The van der Waals surface area contributed by atoms with Gasteiger partial charge in [-0.05, 0) is 19.9 Å². The number of methoxy groups -OCH3 is 1. The molecule has 1 rings (SSSR count). The summed E-state index contributed by atoms with van der Waals surface area (Å²) in [5, 5.41) is 2.03. The van der Waals surface area contributed by atoms with Crippen LogP contribution < -0.4 is 5.32 Å². The number of rotatable bonds is 3. The van der Waals surface area contributed by atoms with E-state index in [1.54, 1.807) is 6.07 Å². The first kappa shape index (κ1) is 10.7. The third-order valence-electron chi connectivity index (χ3n) is 1.71. The lowest BCUT2D eigenvalue weighted by molar-refractivity contribution is -0.606. The summed E-state index contributed by atoms with van der Waals surface area (Å²) in [5.74, 6) is 0.529. The van der Waals surface area contributed by atoms with Gasteiger partial charge < -0.3 is 4.74 Å². The minimum Gasteiger partial charge on any atom is -0.465 e. The van der Waals surface area contributed by atoms with Crippen molar-refractivity contribution >= 4 is 11.8 Å². The molecule has 4 nitrogen and oxygen atoms in total. The number of pyridine rings is 1. The lowest BCUT2D eigenvalue weighted by atomic mass is 10.3. The van der Waals surface area contributed by atoms with Crippen molar-refractivity contribution in [2.75, 3.05) is 7.11 Å². The Morgan fingerprint density at radius 2 is 2.21 bits per heavy atom. The van der Waals surface area contributed by atoms with Gasteiger partial charge in [0.05, 0.1) is 18.7 Å². The van der Waals surface area contributed by atoms with E-state index in [0.29, 0.717) is 11.6 Å². The fourth-order valence-electron chi connectivity index (χ4n) is 1.08. The number of ether oxygens (including phenoxy) is 1. The first-order valence-electron chi connectivity index (χ1n) is 4.52. The molecule has 0 bridgehead atoms. The van der Waals surface area contributed by atoms with Crippen LogP contribution in [0.4, 0.5) is 5.82 Å². The van der Waals surface area contributed by atoms with Gasteiger partial charge in [-0.15, -0.1) is 0 Å². The molecule has 4 heteroatoms. The van der Waals surface area contributed by atoms with Gasteiger partial charge in [-0.2, -0.15) is 0 Å². The minimum atomic E-state index is -0.353. The summed E-state index contributed by atoms with van der Waals surface area (Å²) in [4.78, 5) is 15.2. The van der Waals surface area contributed by atoms with Crippen LogP contribution in [0.2, 0.25) is 0 Å². The Kier molecular flexibility index (Phi) is 3.59. The van der Waals surface area contributed by atoms with E-state index in [1.165, 1.54) is 13.3 Å². The largest absolute Gasteiger partial charge is 0.465 e. The molecule has 14 heavy (non-hydrogen) atoms. The van der Waals surface area contributed by atoms with Crippen molar-refractivity contribution < 1.29 is 14.8 Å². The second-order valence-electron chi connectivity index (χ2n) is 3.37. The van der Waals surface area contributed by atoms with Gasteiger partial charge >= 0.3 is 5.97 Å². The van der Waals surface area contributed by atoms with Crippen LogP contribution in [0.15, 0.2) is 18.3 Å². The molecule has 1 aromatic rings. The van der Waals surface area contributed by atoms with Gasteiger partial charge in [0.1, 0.15) is 0 Å². The second kappa shape index (κ2) is 4.72. The number of hydrogen-bond donors (Lipinski definition) is 1. The number of quaternary nitrogens is 1. The number of carbonyl (C=O) groups excluding carboxylic acids is 1. The average Bonchev–Trinajstić information content (AvgIpc) is 2.17. The molecule has 1 aromatic heterocycles. The molecule has 0 aliphatic heterocycles. The van der Waals surface area contributed by atoms with Crippen LogP contribution in [0.3, 0.4) is 0 Å². The maximum absolute atomic E-state index is 11.1. The summed E-state index contributed by atoms with van der Waals surface area (Å²) >= 11 is 0. The van der Waals surface area contributed by atoms with Crippen molar-refractivity contribution in [3.05, 3.63) is 23.9 Å². The van der Waals surface area contributed by atoms with Crippen LogP contribution in [0.5, 0.6) is 0 Å². The van der Waals surface area contributed by atoms with Crippen molar-refractivity contribution in [1.29, 1.82) is 0 Å². The topological polar surface area (TPSA) is 55.8 Å². The number of nitrogens with two attached hydrogens (primary N) is 1. The summed E-state index contributed by atoms with van der Waals surface area (Å²) in [6.07, 6.45) is 1.53. The molecule has 0 fully saturated rings. The number of nitrogens with zero attached hydrogens (tertiary/aromatic N) is 1. The third-order valence-corrected chi connectivity index (χ3v) is 1.71. The maximum atomic E-state index is 11.1. The van der Waals surface area contributed by atoms with Crippen molar-refractivity contribution in [3.8, 4) is 0 Å². The quantitative estimate of drug-likeness (QED) is 0.713. The van der Waals surface area contributed by atoms with Gasteiger partial charge in [-0.25, -0.2) is 9.78 Å². The zero-order valence-electron chi connectivity index (χ0n) is 8.65. The first-order valence-corrected chi connectivity index (χ1v) is 4.52. The number of esters is 1. The Labute approximate surface area is 83.3 Å². The van der Waals surface area contributed by atoms with E-state index >= 15 is 0 Å². The van der Waals surface area contributed by atoms with Crippen LogP contribution in [-0.2, 0) is 4.74 Å². The average molecular weight is 195 g/mol. The molecule has 0 aliphatic carbocycles. The van der Waals surface area contributed by atoms with E-state index < -0.39 is 0 Å². The molecule has 0 radical (unpaired) electrons. The Hall–Kier alpha value is -1.42. The fourth-order valence-corrected chi connectivity index (χ4v) is 1.08. The van der Waals surface area contributed by atoms with Gasteiger partial charge in [0.25, 0.3) is 0 Å². The lowest BCUT2D eigenvalue weighted by Gasteiger charge is -2.03. The standard InChI is InChI=1S/C10H14N2O2/c1-7(2)12-9-5-4-8(6-11-9)10(13)14-3/h4-7H,1-3H3,(H,11,12)/p+1. The Bertz CT molecular complexity index is 306. The summed E-state index contributed by atoms with van der Waals surface area (Å²) in [6, 6.07) is 3.98. The second-order valence-corrected chi connectivity index (χ2v) is 3.37. The van der Waals surface area contributed by atoms with Crippen molar-refractivity contribution in [2.45, 2.75) is 19.9 Å². The zero-order chi connectivity index (χ0) is 10.6. The van der Waals surface area contributed by atoms with E-state index in [-0.39, 0.29) is 5.97 Å². The molecule has 0 saturated carbocycles. The molecule has 76 valence electrons. The predicted molar refractivity (Wildman–Crippen MR) is 52.3 cm³/mol. The van der Waals surface area contributed by atoms with Crippen LogP contribution in [0.25, 0.3) is 0 Å². The van der Waals surface area contributed by atoms with Crippen molar-refractivity contribution in [2.24, 2.45) is 0 Å². The SMILES string of the molecule is COC(=O)c1ccc([NH2+]C(C)C)nc1. The van der Waals surface area contributed by atoms with Crippen molar-refractivity contribution in [1.82, 2.24) is 4.98 Å². The summed E-state index contributed by atoms with van der Waals surface area (Å²) < 4.78 is 4.57. The number of hydrogen-bond acceptors (Lipinski definition) is 3. The van der Waals surface area contributed by atoms with E-state index in [1.807, 2.05) is 11.4 Å². The van der Waals surface area contributed by atoms with Gasteiger partial charge in [-0.3, -0.25) is 5.32 Å². The zero-order valence-corrected chi connectivity index (χ0v) is 8.65. The van der Waals surface area contributed by atoms with E-state index in [9.17, 15) is 4.79 Å². The maximum Gasteiger partial charge on any atom is 0.339 e. The molecule has 0 aromatic carbocycles. The fraction of sp³-hybridized carbons (Fsp3) is 0.400. The van der Waals surface area contributed by atoms with Crippen LogP contribution >= 0.6 is 0 Å². The summed E-state index contributed by atoms with van der Waals surface area (Å²) in [7, 11) is 1.36. The third kappa shape index (κ3) is 2.81. The first-order chi connectivity index (χ1) is 6.63. The molecule has 0 spiro atoms. The Balaban J connectivity index is 2.73. The van der Waals surface area contributed by atoms with Gasteiger partial charge in [0, 0.05) is 12.3 Å². The van der Waals surface area contributed by atoms with Crippen LogP contribution in [0.1, 0.15) is 24.2 Å². The Morgan fingerprint density at radius 3 is 2.64 bits per heavy atom. The molecule has 1 heterocycles. The highest BCUT2D eigenvalue weighted by Gasteiger charge is 2.07. The molecular formula is C10H15N2O2+. The van der Waals surface area contributed by atoms with Gasteiger partial charge in [-0.1, -0.05) is 0 Å².